The molecule has 2 rings (SSSR count). The van der Waals surface area contributed by atoms with E-state index in [1.807, 2.05) is 24.5 Å². The van der Waals surface area contributed by atoms with Gasteiger partial charge in [-0.25, -0.2) is 9.97 Å². The second-order valence-electron chi connectivity index (χ2n) is 4.95. The molecule has 0 aliphatic heterocycles. The normalized spacial score (nSPS) is 11.0. The Labute approximate surface area is 132 Å². The monoisotopic (exact) mass is 351 g/mol. The third-order valence-corrected chi connectivity index (χ3v) is 4.02. The Balaban J connectivity index is 1.89. The maximum atomic E-state index is 4.39. The molecule has 0 unspecified atom stereocenters. The van der Waals surface area contributed by atoms with E-state index in [9.17, 15) is 0 Å². The van der Waals surface area contributed by atoms with Gasteiger partial charge in [0.1, 0.15) is 0 Å². The van der Waals surface area contributed by atoms with Gasteiger partial charge in [-0.15, -0.1) is 0 Å². The largest absolute Gasteiger partial charge is 0.312 e. The molecule has 1 aromatic carbocycles. The molecular formula is C15H18BrN3S. The highest BCUT2D eigenvalue weighted by Crippen LogP contribution is 2.25. The Morgan fingerprint density at radius 2 is 1.80 bits per heavy atom. The summed E-state index contributed by atoms with van der Waals surface area (Å²) in [5, 5.41) is 4.16. The molecule has 106 valence electrons. The number of hydrogen-bond acceptors (Lipinski definition) is 4. The van der Waals surface area contributed by atoms with Crippen LogP contribution in [-0.4, -0.2) is 16.5 Å². The molecule has 0 aliphatic carbocycles. The van der Waals surface area contributed by atoms with Crippen LogP contribution in [0.5, 0.6) is 0 Å². The predicted molar refractivity (Wildman–Crippen MR) is 86.8 cm³/mol. The van der Waals surface area contributed by atoms with Gasteiger partial charge < -0.3 is 5.32 Å². The summed E-state index contributed by atoms with van der Waals surface area (Å²) in [5.74, 6) is 0.656. The van der Waals surface area contributed by atoms with Crippen LogP contribution in [0.15, 0.2) is 51.2 Å². The lowest BCUT2D eigenvalue weighted by Gasteiger charge is -2.07. The summed E-state index contributed by atoms with van der Waals surface area (Å²) in [6.07, 6.45) is 3.78. The maximum Gasteiger partial charge on any atom is 0.192 e. The van der Waals surface area contributed by atoms with Crippen molar-refractivity contribution in [3.63, 3.8) is 0 Å². The fourth-order valence-electron chi connectivity index (χ4n) is 1.60. The highest BCUT2D eigenvalue weighted by Gasteiger charge is 2.01. The highest BCUT2D eigenvalue weighted by atomic mass is 79.9. The fraction of sp³-hybridized carbons (Fsp3) is 0.333. The van der Waals surface area contributed by atoms with Crippen LogP contribution in [0.1, 0.15) is 19.4 Å². The topological polar surface area (TPSA) is 37.8 Å². The van der Waals surface area contributed by atoms with Crippen molar-refractivity contribution in [2.75, 3.05) is 6.54 Å². The zero-order valence-corrected chi connectivity index (χ0v) is 14.0. The molecule has 0 radical (unpaired) electrons. The van der Waals surface area contributed by atoms with E-state index < -0.39 is 0 Å². The van der Waals surface area contributed by atoms with E-state index in [0.717, 1.165) is 33.2 Å². The van der Waals surface area contributed by atoms with Gasteiger partial charge in [0.15, 0.2) is 5.16 Å². The first-order valence-corrected chi connectivity index (χ1v) is 8.19. The van der Waals surface area contributed by atoms with Gasteiger partial charge in [0.25, 0.3) is 0 Å². The fourth-order valence-corrected chi connectivity index (χ4v) is 2.56. The van der Waals surface area contributed by atoms with E-state index in [-0.39, 0.29) is 0 Å². The van der Waals surface area contributed by atoms with Gasteiger partial charge in [-0.3, -0.25) is 0 Å². The van der Waals surface area contributed by atoms with Crippen molar-refractivity contribution in [3.8, 4) is 0 Å². The van der Waals surface area contributed by atoms with Crippen molar-refractivity contribution in [1.29, 1.82) is 0 Å². The van der Waals surface area contributed by atoms with E-state index in [0.29, 0.717) is 5.92 Å². The summed E-state index contributed by atoms with van der Waals surface area (Å²) < 4.78 is 1.08. The van der Waals surface area contributed by atoms with Crippen LogP contribution in [0, 0.1) is 5.92 Å². The molecule has 0 saturated carbocycles. The van der Waals surface area contributed by atoms with E-state index >= 15 is 0 Å². The first-order valence-electron chi connectivity index (χ1n) is 6.58. The summed E-state index contributed by atoms with van der Waals surface area (Å²) >= 11 is 5.00. The number of halogens is 1. The van der Waals surface area contributed by atoms with Crippen molar-refractivity contribution in [1.82, 2.24) is 15.3 Å². The van der Waals surface area contributed by atoms with Gasteiger partial charge in [-0.1, -0.05) is 29.8 Å². The maximum absolute atomic E-state index is 4.39. The molecule has 1 aromatic heterocycles. The molecule has 3 nitrogen and oxygen atoms in total. The minimum Gasteiger partial charge on any atom is -0.312 e. The van der Waals surface area contributed by atoms with Crippen molar-refractivity contribution in [3.05, 3.63) is 46.7 Å². The Hall–Kier alpha value is -0.910. The van der Waals surface area contributed by atoms with Crippen molar-refractivity contribution in [2.45, 2.75) is 30.4 Å². The van der Waals surface area contributed by atoms with Crippen molar-refractivity contribution >= 4 is 27.7 Å². The zero-order chi connectivity index (χ0) is 14.4. The average molecular weight is 352 g/mol. The summed E-state index contributed by atoms with van der Waals surface area (Å²) in [6, 6.07) is 8.14. The first-order chi connectivity index (χ1) is 9.63. The molecular weight excluding hydrogens is 334 g/mol. The molecule has 0 aliphatic rings. The number of rotatable bonds is 6. The molecule has 0 amide bonds. The predicted octanol–water partition coefficient (Wildman–Crippen LogP) is 4.14. The average Bonchev–Trinajstić information content (AvgIpc) is 2.43. The highest BCUT2D eigenvalue weighted by molar-refractivity contribution is 9.10. The first kappa shape index (κ1) is 15.5. The van der Waals surface area contributed by atoms with Crippen LogP contribution in [0.4, 0.5) is 0 Å². The van der Waals surface area contributed by atoms with Gasteiger partial charge in [0.05, 0.1) is 0 Å². The van der Waals surface area contributed by atoms with E-state index in [4.69, 9.17) is 0 Å². The Morgan fingerprint density at radius 3 is 2.40 bits per heavy atom. The van der Waals surface area contributed by atoms with Crippen LogP contribution in [-0.2, 0) is 6.54 Å². The van der Waals surface area contributed by atoms with Gasteiger partial charge in [-0.2, -0.15) is 0 Å². The molecule has 0 bridgehead atoms. The zero-order valence-electron chi connectivity index (χ0n) is 11.6. The van der Waals surface area contributed by atoms with Crippen LogP contribution in [0.25, 0.3) is 0 Å². The lowest BCUT2D eigenvalue weighted by Crippen LogP contribution is -2.19. The molecule has 0 fully saturated rings. The van der Waals surface area contributed by atoms with E-state index in [1.165, 1.54) is 0 Å². The number of nitrogens with one attached hydrogen (secondary N) is 1. The molecule has 1 heterocycles. The van der Waals surface area contributed by atoms with Crippen LogP contribution in [0.2, 0.25) is 0 Å². The molecule has 0 saturated heterocycles. The molecule has 20 heavy (non-hydrogen) atoms. The summed E-state index contributed by atoms with van der Waals surface area (Å²) in [5.41, 5.74) is 1.12. The quantitative estimate of drug-likeness (QED) is 0.793. The smallest absolute Gasteiger partial charge is 0.192 e. The molecule has 0 spiro atoms. The Bertz CT molecular complexity index is 526. The number of nitrogens with zero attached hydrogens (tertiary/aromatic N) is 2. The molecule has 5 heteroatoms. The third kappa shape index (κ3) is 5.23. The van der Waals surface area contributed by atoms with Crippen LogP contribution < -0.4 is 5.32 Å². The summed E-state index contributed by atoms with van der Waals surface area (Å²) in [6.45, 7) is 6.22. The lowest BCUT2D eigenvalue weighted by molar-refractivity contribution is 0.550. The number of hydrogen-bond donors (Lipinski definition) is 1. The van der Waals surface area contributed by atoms with E-state index in [2.05, 4.69) is 57.2 Å². The molecule has 1 N–H and O–H groups in total. The summed E-state index contributed by atoms with van der Waals surface area (Å²) in [4.78, 5) is 9.93. The number of aromatic nitrogens is 2. The van der Waals surface area contributed by atoms with Gasteiger partial charge in [0, 0.05) is 33.9 Å². The minimum absolute atomic E-state index is 0.656. The third-order valence-electron chi connectivity index (χ3n) is 2.59. The second-order valence-corrected chi connectivity index (χ2v) is 6.91. The van der Waals surface area contributed by atoms with Gasteiger partial charge in [0.2, 0.25) is 0 Å². The Kier molecular flexibility index (Phi) is 6.01. The second kappa shape index (κ2) is 7.76. The Morgan fingerprint density at radius 1 is 1.15 bits per heavy atom. The molecule has 2 aromatic rings. The van der Waals surface area contributed by atoms with E-state index in [1.54, 1.807) is 11.8 Å². The SMILES string of the molecule is CC(C)CNCc1cnc(Sc2ccc(Br)cc2)nc1. The van der Waals surface area contributed by atoms with Crippen molar-refractivity contribution in [2.24, 2.45) is 5.92 Å². The van der Waals surface area contributed by atoms with Crippen molar-refractivity contribution < 1.29 is 0 Å². The van der Waals surface area contributed by atoms with Crippen LogP contribution in [0.3, 0.4) is 0 Å². The van der Waals surface area contributed by atoms with Crippen LogP contribution >= 0.6 is 27.7 Å². The van der Waals surface area contributed by atoms with Gasteiger partial charge in [-0.05, 0) is 48.5 Å². The lowest BCUT2D eigenvalue weighted by atomic mass is 10.2. The van der Waals surface area contributed by atoms with Gasteiger partial charge >= 0.3 is 0 Å². The standard InChI is InChI=1S/C15H18BrN3S/c1-11(2)7-17-8-12-9-18-15(19-10-12)20-14-5-3-13(16)4-6-14/h3-6,9-11,17H,7-8H2,1-2H3. The summed E-state index contributed by atoms with van der Waals surface area (Å²) in [7, 11) is 0. The molecule has 0 atom stereocenters. The minimum atomic E-state index is 0.656. The number of benzene rings is 1.